The molecule has 0 bridgehead atoms. The second kappa shape index (κ2) is 5.70. The van der Waals surface area contributed by atoms with Crippen molar-refractivity contribution in [3.05, 3.63) is 70.5 Å². The number of hydrogen-bond acceptors (Lipinski definition) is 2. The highest BCUT2D eigenvalue weighted by atomic mass is 35.5. The number of rotatable bonds is 3. The van der Waals surface area contributed by atoms with Crippen LogP contribution in [0.15, 0.2) is 48.5 Å². The lowest BCUT2D eigenvalue weighted by Crippen LogP contribution is -1.99. The first-order valence-corrected chi connectivity index (χ1v) is 6.92. The van der Waals surface area contributed by atoms with Gasteiger partial charge in [0.1, 0.15) is 5.82 Å². The molecule has 21 heavy (non-hydrogen) atoms. The summed E-state index contributed by atoms with van der Waals surface area (Å²) in [6.45, 7) is 0. The number of pyridine rings is 1. The predicted molar refractivity (Wildman–Crippen MR) is 82.5 cm³/mol. The van der Waals surface area contributed by atoms with Gasteiger partial charge in [0.25, 0.3) is 0 Å². The molecule has 1 heterocycles. The number of aromatic nitrogens is 1. The highest BCUT2D eigenvalue weighted by Gasteiger charge is 2.11. The molecule has 0 saturated carbocycles. The fourth-order valence-corrected chi connectivity index (χ4v) is 2.50. The third kappa shape index (κ3) is 2.83. The molecule has 0 spiro atoms. The van der Waals surface area contributed by atoms with Gasteiger partial charge >= 0.3 is 0 Å². The van der Waals surface area contributed by atoms with Crippen molar-refractivity contribution >= 4 is 22.5 Å². The Hall–Kier alpha value is -2.13. The molecule has 1 aromatic heterocycles. The molecular formula is C17H13ClFNO. The first-order valence-electron chi connectivity index (χ1n) is 6.54. The average Bonchev–Trinajstić information content (AvgIpc) is 2.49. The van der Waals surface area contributed by atoms with E-state index in [-0.39, 0.29) is 5.82 Å². The highest BCUT2D eigenvalue weighted by Crippen LogP contribution is 2.27. The molecule has 0 saturated heterocycles. The zero-order chi connectivity index (χ0) is 14.8. The SMILES string of the molecule is COc1nc2ccc(Cl)cc2cc1Cc1ccccc1F. The summed E-state index contributed by atoms with van der Waals surface area (Å²) >= 11 is 6.01. The Bertz CT molecular complexity index is 804. The molecular weight excluding hydrogens is 289 g/mol. The molecule has 106 valence electrons. The summed E-state index contributed by atoms with van der Waals surface area (Å²) in [5.74, 6) is 0.277. The van der Waals surface area contributed by atoms with Gasteiger partial charge in [0, 0.05) is 22.4 Å². The smallest absolute Gasteiger partial charge is 0.217 e. The average molecular weight is 302 g/mol. The Labute approximate surface area is 127 Å². The molecule has 4 heteroatoms. The standard InChI is InChI=1S/C17H13ClFNO/c1-21-17-13(8-11-4-2-3-5-15(11)19)9-12-10-14(18)6-7-16(12)20-17/h2-7,9-10H,8H2,1H3. The Balaban J connectivity index is 2.10. The summed E-state index contributed by atoms with van der Waals surface area (Å²) in [6, 6.07) is 14.1. The highest BCUT2D eigenvalue weighted by molar-refractivity contribution is 6.31. The minimum absolute atomic E-state index is 0.231. The molecule has 0 N–H and O–H groups in total. The lowest BCUT2D eigenvalue weighted by Gasteiger charge is -2.10. The monoisotopic (exact) mass is 301 g/mol. The zero-order valence-corrected chi connectivity index (χ0v) is 12.2. The van der Waals surface area contributed by atoms with E-state index in [9.17, 15) is 4.39 Å². The number of benzene rings is 2. The lowest BCUT2D eigenvalue weighted by atomic mass is 10.0. The largest absolute Gasteiger partial charge is 0.481 e. The van der Waals surface area contributed by atoms with Crippen LogP contribution in [0.3, 0.4) is 0 Å². The molecule has 0 unspecified atom stereocenters. The Morgan fingerprint density at radius 3 is 2.67 bits per heavy atom. The van der Waals surface area contributed by atoms with Crippen LogP contribution in [0.25, 0.3) is 10.9 Å². The Morgan fingerprint density at radius 2 is 1.90 bits per heavy atom. The maximum Gasteiger partial charge on any atom is 0.217 e. The van der Waals surface area contributed by atoms with Crippen LogP contribution >= 0.6 is 11.6 Å². The maximum absolute atomic E-state index is 13.8. The van der Waals surface area contributed by atoms with Crippen molar-refractivity contribution < 1.29 is 9.13 Å². The number of halogens is 2. The van der Waals surface area contributed by atoms with Crippen LogP contribution in [0.5, 0.6) is 5.88 Å². The maximum atomic E-state index is 13.8. The van der Waals surface area contributed by atoms with E-state index in [1.807, 2.05) is 24.3 Å². The van der Waals surface area contributed by atoms with E-state index >= 15 is 0 Å². The van der Waals surface area contributed by atoms with E-state index in [0.29, 0.717) is 22.9 Å². The lowest BCUT2D eigenvalue weighted by molar-refractivity contribution is 0.395. The van der Waals surface area contributed by atoms with Crippen LogP contribution in [0.2, 0.25) is 5.02 Å². The van der Waals surface area contributed by atoms with Gasteiger partial charge in [0.15, 0.2) is 0 Å². The van der Waals surface area contributed by atoms with Gasteiger partial charge < -0.3 is 4.74 Å². The van der Waals surface area contributed by atoms with E-state index in [1.165, 1.54) is 6.07 Å². The number of methoxy groups -OCH3 is 1. The van der Waals surface area contributed by atoms with Gasteiger partial charge in [-0.15, -0.1) is 0 Å². The van der Waals surface area contributed by atoms with Crippen molar-refractivity contribution in [2.75, 3.05) is 7.11 Å². The van der Waals surface area contributed by atoms with Crippen LogP contribution < -0.4 is 4.74 Å². The van der Waals surface area contributed by atoms with Crippen molar-refractivity contribution in [2.45, 2.75) is 6.42 Å². The van der Waals surface area contributed by atoms with E-state index in [0.717, 1.165) is 16.5 Å². The zero-order valence-electron chi connectivity index (χ0n) is 11.4. The molecule has 3 rings (SSSR count). The van der Waals surface area contributed by atoms with Gasteiger partial charge in [-0.25, -0.2) is 9.37 Å². The van der Waals surface area contributed by atoms with Gasteiger partial charge in [-0.3, -0.25) is 0 Å². The topological polar surface area (TPSA) is 22.1 Å². The molecule has 0 aliphatic rings. The summed E-state index contributed by atoms with van der Waals surface area (Å²) in [7, 11) is 1.56. The Kier molecular flexibility index (Phi) is 3.76. The summed E-state index contributed by atoms with van der Waals surface area (Å²) in [4.78, 5) is 4.46. The van der Waals surface area contributed by atoms with Crippen molar-refractivity contribution in [3.8, 4) is 5.88 Å². The van der Waals surface area contributed by atoms with Crippen molar-refractivity contribution in [2.24, 2.45) is 0 Å². The second-order valence-electron chi connectivity index (χ2n) is 4.76. The molecule has 0 amide bonds. The van der Waals surface area contributed by atoms with Crippen LogP contribution in [0.1, 0.15) is 11.1 Å². The van der Waals surface area contributed by atoms with Crippen molar-refractivity contribution in [1.29, 1.82) is 0 Å². The Morgan fingerprint density at radius 1 is 1.10 bits per heavy atom. The van der Waals surface area contributed by atoms with Crippen LogP contribution in [0.4, 0.5) is 4.39 Å². The number of fused-ring (bicyclic) bond motifs is 1. The van der Waals surface area contributed by atoms with Gasteiger partial charge in [-0.05, 0) is 35.9 Å². The molecule has 2 aromatic carbocycles. The first-order chi connectivity index (χ1) is 10.2. The van der Waals surface area contributed by atoms with E-state index in [1.54, 1.807) is 25.3 Å². The van der Waals surface area contributed by atoms with Crippen molar-refractivity contribution in [1.82, 2.24) is 4.98 Å². The summed E-state index contributed by atoms with van der Waals surface area (Å²) in [5, 5.41) is 1.56. The second-order valence-corrected chi connectivity index (χ2v) is 5.20. The predicted octanol–water partition coefficient (Wildman–Crippen LogP) is 4.63. The van der Waals surface area contributed by atoms with E-state index in [4.69, 9.17) is 16.3 Å². The summed E-state index contributed by atoms with van der Waals surface area (Å²) in [6.07, 6.45) is 0.422. The third-order valence-electron chi connectivity index (χ3n) is 3.35. The molecule has 2 nitrogen and oxygen atoms in total. The molecule has 0 aliphatic heterocycles. The molecule has 3 aromatic rings. The van der Waals surface area contributed by atoms with Gasteiger partial charge in [-0.1, -0.05) is 29.8 Å². The minimum atomic E-state index is -0.231. The van der Waals surface area contributed by atoms with Crippen LogP contribution in [-0.4, -0.2) is 12.1 Å². The number of ether oxygens (including phenoxy) is 1. The fraction of sp³-hybridized carbons (Fsp3) is 0.118. The molecule has 0 radical (unpaired) electrons. The van der Waals surface area contributed by atoms with E-state index < -0.39 is 0 Å². The number of hydrogen-bond donors (Lipinski definition) is 0. The third-order valence-corrected chi connectivity index (χ3v) is 3.58. The summed E-state index contributed by atoms with van der Waals surface area (Å²) < 4.78 is 19.1. The van der Waals surface area contributed by atoms with Crippen LogP contribution in [0, 0.1) is 5.82 Å². The number of nitrogens with zero attached hydrogens (tertiary/aromatic N) is 1. The van der Waals surface area contributed by atoms with Gasteiger partial charge in [0.05, 0.1) is 12.6 Å². The van der Waals surface area contributed by atoms with Gasteiger partial charge in [0.2, 0.25) is 5.88 Å². The normalized spacial score (nSPS) is 10.8. The van der Waals surface area contributed by atoms with Gasteiger partial charge in [-0.2, -0.15) is 0 Å². The molecule has 0 atom stereocenters. The van der Waals surface area contributed by atoms with Crippen molar-refractivity contribution in [3.63, 3.8) is 0 Å². The fourth-order valence-electron chi connectivity index (χ4n) is 2.32. The molecule has 0 fully saturated rings. The first kappa shape index (κ1) is 13.8. The quantitative estimate of drug-likeness (QED) is 0.704. The summed E-state index contributed by atoms with van der Waals surface area (Å²) in [5.41, 5.74) is 2.24. The molecule has 0 aliphatic carbocycles. The van der Waals surface area contributed by atoms with Crippen LogP contribution in [-0.2, 0) is 6.42 Å². The minimum Gasteiger partial charge on any atom is -0.481 e. The van der Waals surface area contributed by atoms with E-state index in [2.05, 4.69) is 4.98 Å².